The molecule has 0 aliphatic rings. The Morgan fingerprint density at radius 1 is 1.33 bits per heavy atom. The van der Waals surface area contributed by atoms with Crippen molar-refractivity contribution in [2.75, 3.05) is 0 Å². The van der Waals surface area contributed by atoms with Gasteiger partial charge in [-0.1, -0.05) is 24.3 Å². The molecule has 1 aromatic carbocycles. The number of rotatable bonds is 5. The standard InChI is InChI=1S/C14H17N5O2/c1-2-10(15)11-9-18(17-16-11)7-8-19-12-5-3-4-6-13(12)21-14(19)20/h3-6,9-10H,2,7-8,15H2,1H3. The third kappa shape index (κ3) is 2.59. The SMILES string of the molecule is CCC(N)c1cn(CCn2c(=O)oc3ccccc32)nn1. The van der Waals surface area contributed by atoms with Gasteiger partial charge in [-0.15, -0.1) is 5.10 Å². The zero-order valence-electron chi connectivity index (χ0n) is 11.8. The number of oxazole rings is 1. The molecule has 21 heavy (non-hydrogen) atoms. The van der Waals surface area contributed by atoms with Crippen LogP contribution in [-0.2, 0) is 13.1 Å². The van der Waals surface area contributed by atoms with E-state index in [1.54, 1.807) is 15.3 Å². The quantitative estimate of drug-likeness (QED) is 0.763. The largest absolute Gasteiger partial charge is 0.420 e. The number of benzene rings is 1. The Morgan fingerprint density at radius 3 is 2.95 bits per heavy atom. The van der Waals surface area contributed by atoms with Crippen LogP contribution in [0.15, 0.2) is 39.7 Å². The average molecular weight is 287 g/mol. The van der Waals surface area contributed by atoms with E-state index in [0.717, 1.165) is 17.6 Å². The molecule has 110 valence electrons. The van der Waals surface area contributed by atoms with Crippen molar-refractivity contribution in [2.24, 2.45) is 5.73 Å². The highest BCUT2D eigenvalue weighted by Gasteiger charge is 2.10. The Hall–Kier alpha value is -2.41. The maximum Gasteiger partial charge on any atom is 0.420 e. The molecule has 2 N–H and O–H groups in total. The summed E-state index contributed by atoms with van der Waals surface area (Å²) < 4.78 is 8.48. The Bertz CT molecular complexity index is 801. The van der Waals surface area contributed by atoms with Crippen LogP contribution in [0.25, 0.3) is 11.1 Å². The van der Waals surface area contributed by atoms with Crippen molar-refractivity contribution in [3.8, 4) is 0 Å². The van der Waals surface area contributed by atoms with Gasteiger partial charge in [0.05, 0.1) is 30.0 Å². The van der Waals surface area contributed by atoms with Crippen molar-refractivity contribution >= 4 is 11.1 Å². The molecule has 0 aliphatic carbocycles. The summed E-state index contributed by atoms with van der Waals surface area (Å²) in [6, 6.07) is 7.25. The fourth-order valence-corrected chi connectivity index (χ4v) is 2.23. The van der Waals surface area contributed by atoms with Crippen molar-refractivity contribution in [1.29, 1.82) is 0 Å². The van der Waals surface area contributed by atoms with Crippen molar-refractivity contribution in [3.05, 3.63) is 46.7 Å². The van der Waals surface area contributed by atoms with Crippen molar-refractivity contribution in [2.45, 2.75) is 32.5 Å². The molecule has 0 bridgehead atoms. The Labute approximate surface area is 121 Å². The molecule has 2 aromatic heterocycles. The Kier molecular flexibility index (Phi) is 3.57. The average Bonchev–Trinajstić information content (AvgIpc) is 3.08. The maximum absolute atomic E-state index is 11.9. The summed E-state index contributed by atoms with van der Waals surface area (Å²) in [5.74, 6) is -0.359. The van der Waals surface area contributed by atoms with Gasteiger partial charge in [-0.3, -0.25) is 9.25 Å². The molecule has 1 atom stereocenters. The summed E-state index contributed by atoms with van der Waals surface area (Å²) in [5.41, 5.74) is 8.05. The maximum atomic E-state index is 11.9. The van der Waals surface area contributed by atoms with Crippen LogP contribution in [0, 0.1) is 0 Å². The molecule has 0 saturated heterocycles. The van der Waals surface area contributed by atoms with Gasteiger partial charge >= 0.3 is 5.76 Å². The number of aromatic nitrogens is 4. The molecule has 0 radical (unpaired) electrons. The molecular formula is C14H17N5O2. The van der Waals surface area contributed by atoms with Gasteiger partial charge in [0.15, 0.2) is 5.58 Å². The minimum absolute atomic E-state index is 0.101. The first-order valence-corrected chi connectivity index (χ1v) is 6.93. The second kappa shape index (κ2) is 5.53. The first-order valence-electron chi connectivity index (χ1n) is 6.93. The van der Waals surface area contributed by atoms with Crippen LogP contribution in [0.1, 0.15) is 25.1 Å². The summed E-state index contributed by atoms with van der Waals surface area (Å²) in [7, 11) is 0. The zero-order valence-corrected chi connectivity index (χ0v) is 11.8. The van der Waals surface area contributed by atoms with Gasteiger partial charge in [0.1, 0.15) is 0 Å². The molecular weight excluding hydrogens is 270 g/mol. The fraction of sp³-hybridized carbons (Fsp3) is 0.357. The molecule has 2 heterocycles. The lowest BCUT2D eigenvalue weighted by atomic mass is 10.2. The minimum atomic E-state index is -0.359. The van der Waals surface area contributed by atoms with Crippen molar-refractivity contribution in [3.63, 3.8) is 0 Å². The van der Waals surface area contributed by atoms with Crippen LogP contribution in [0.4, 0.5) is 0 Å². The number of aryl methyl sites for hydroxylation is 2. The number of hydrogen-bond acceptors (Lipinski definition) is 5. The highest BCUT2D eigenvalue weighted by atomic mass is 16.4. The minimum Gasteiger partial charge on any atom is -0.408 e. The second-order valence-corrected chi connectivity index (χ2v) is 4.91. The lowest BCUT2D eigenvalue weighted by Gasteiger charge is -2.03. The Balaban J connectivity index is 1.79. The van der Waals surface area contributed by atoms with E-state index >= 15 is 0 Å². The molecule has 0 spiro atoms. The van der Waals surface area contributed by atoms with Crippen LogP contribution >= 0.6 is 0 Å². The van der Waals surface area contributed by atoms with Gasteiger partial charge in [0, 0.05) is 6.54 Å². The molecule has 7 nitrogen and oxygen atoms in total. The van der Waals surface area contributed by atoms with E-state index in [9.17, 15) is 4.79 Å². The smallest absolute Gasteiger partial charge is 0.408 e. The van der Waals surface area contributed by atoms with Crippen LogP contribution in [-0.4, -0.2) is 19.6 Å². The lowest BCUT2D eigenvalue weighted by molar-refractivity contribution is 0.466. The van der Waals surface area contributed by atoms with E-state index in [2.05, 4.69) is 10.3 Å². The van der Waals surface area contributed by atoms with Crippen LogP contribution < -0.4 is 11.5 Å². The topological polar surface area (TPSA) is 91.9 Å². The molecule has 0 amide bonds. The summed E-state index contributed by atoms with van der Waals surface area (Å²) in [4.78, 5) is 11.9. The third-order valence-corrected chi connectivity index (χ3v) is 3.50. The van der Waals surface area contributed by atoms with Gasteiger partial charge < -0.3 is 10.2 Å². The van der Waals surface area contributed by atoms with Crippen molar-refractivity contribution < 1.29 is 4.42 Å². The van der Waals surface area contributed by atoms with E-state index in [-0.39, 0.29) is 11.8 Å². The molecule has 7 heteroatoms. The molecule has 0 aliphatic heterocycles. The summed E-state index contributed by atoms with van der Waals surface area (Å²) in [6.07, 6.45) is 2.63. The molecule has 0 saturated carbocycles. The Morgan fingerprint density at radius 2 is 2.14 bits per heavy atom. The van der Waals surface area contributed by atoms with Gasteiger partial charge in [-0.25, -0.2) is 4.79 Å². The van der Waals surface area contributed by atoms with Gasteiger partial charge in [0.25, 0.3) is 0 Å². The monoisotopic (exact) mass is 287 g/mol. The molecule has 3 aromatic rings. The van der Waals surface area contributed by atoms with E-state index in [0.29, 0.717) is 18.7 Å². The van der Waals surface area contributed by atoms with Crippen LogP contribution in [0.5, 0.6) is 0 Å². The highest BCUT2D eigenvalue weighted by molar-refractivity contribution is 5.72. The first-order chi connectivity index (χ1) is 10.2. The van der Waals surface area contributed by atoms with Crippen molar-refractivity contribution in [1.82, 2.24) is 19.6 Å². The summed E-state index contributed by atoms with van der Waals surface area (Å²) in [5, 5.41) is 8.08. The summed E-state index contributed by atoms with van der Waals surface area (Å²) >= 11 is 0. The zero-order chi connectivity index (χ0) is 14.8. The molecule has 1 unspecified atom stereocenters. The fourth-order valence-electron chi connectivity index (χ4n) is 2.23. The number of nitrogens with two attached hydrogens (primary N) is 1. The van der Waals surface area contributed by atoms with Gasteiger partial charge in [-0.05, 0) is 18.6 Å². The number of nitrogens with zero attached hydrogens (tertiary/aromatic N) is 4. The predicted octanol–water partition coefficient (Wildman–Crippen LogP) is 1.30. The second-order valence-electron chi connectivity index (χ2n) is 4.91. The third-order valence-electron chi connectivity index (χ3n) is 3.50. The first kappa shape index (κ1) is 13.6. The number of hydrogen-bond donors (Lipinski definition) is 1. The van der Waals surface area contributed by atoms with Gasteiger partial charge in [0.2, 0.25) is 0 Å². The molecule has 3 rings (SSSR count). The number of fused-ring (bicyclic) bond motifs is 1. The van der Waals surface area contributed by atoms with E-state index in [4.69, 9.17) is 10.2 Å². The van der Waals surface area contributed by atoms with Crippen LogP contribution in [0.3, 0.4) is 0 Å². The summed E-state index contributed by atoms with van der Waals surface area (Å²) in [6.45, 7) is 3.01. The van der Waals surface area contributed by atoms with Gasteiger partial charge in [-0.2, -0.15) is 0 Å². The molecule has 0 fully saturated rings. The predicted molar refractivity (Wildman–Crippen MR) is 77.7 cm³/mol. The van der Waals surface area contributed by atoms with E-state index in [1.165, 1.54) is 0 Å². The number of para-hydroxylation sites is 2. The van der Waals surface area contributed by atoms with E-state index < -0.39 is 0 Å². The normalized spacial score (nSPS) is 12.9. The highest BCUT2D eigenvalue weighted by Crippen LogP contribution is 2.12. The lowest BCUT2D eigenvalue weighted by Crippen LogP contribution is -2.18. The van der Waals surface area contributed by atoms with E-state index in [1.807, 2.05) is 31.3 Å². The van der Waals surface area contributed by atoms with Crippen LogP contribution in [0.2, 0.25) is 0 Å².